The molecule has 1 aromatic heterocycles. The predicted molar refractivity (Wildman–Crippen MR) is 87.0 cm³/mol. The van der Waals surface area contributed by atoms with Crippen LogP contribution in [0.2, 0.25) is 0 Å². The van der Waals surface area contributed by atoms with Gasteiger partial charge in [0.05, 0.1) is 24.8 Å². The van der Waals surface area contributed by atoms with Gasteiger partial charge in [-0.1, -0.05) is 12.1 Å². The third-order valence-electron chi connectivity index (χ3n) is 3.17. The molecule has 1 heterocycles. The van der Waals surface area contributed by atoms with Crippen molar-refractivity contribution in [3.05, 3.63) is 48.5 Å². The van der Waals surface area contributed by atoms with E-state index in [9.17, 15) is 0 Å². The highest BCUT2D eigenvalue weighted by molar-refractivity contribution is 5.78. The summed E-state index contributed by atoms with van der Waals surface area (Å²) in [7, 11) is 1.64. The summed E-state index contributed by atoms with van der Waals surface area (Å²) < 4.78 is 10.8. The number of benzene rings is 2. The molecule has 22 heavy (non-hydrogen) atoms. The van der Waals surface area contributed by atoms with Crippen LogP contribution in [0.1, 0.15) is 6.92 Å². The van der Waals surface area contributed by atoms with Crippen LogP contribution in [-0.4, -0.2) is 23.7 Å². The first-order chi connectivity index (χ1) is 10.8. The Kier molecular flexibility index (Phi) is 4.05. The summed E-state index contributed by atoms with van der Waals surface area (Å²) >= 11 is 0. The van der Waals surface area contributed by atoms with Crippen LogP contribution in [0.5, 0.6) is 11.6 Å². The van der Waals surface area contributed by atoms with Crippen molar-refractivity contribution in [3.8, 4) is 11.6 Å². The zero-order chi connectivity index (χ0) is 15.4. The number of hydrogen-bond acceptors (Lipinski definition) is 5. The van der Waals surface area contributed by atoms with E-state index in [1.54, 1.807) is 7.11 Å². The Morgan fingerprint density at radius 3 is 2.27 bits per heavy atom. The van der Waals surface area contributed by atoms with Crippen molar-refractivity contribution in [3.63, 3.8) is 0 Å². The fourth-order valence-electron chi connectivity index (χ4n) is 2.11. The zero-order valence-electron chi connectivity index (χ0n) is 12.5. The highest BCUT2D eigenvalue weighted by Crippen LogP contribution is 2.27. The maximum atomic E-state index is 5.60. The van der Waals surface area contributed by atoms with Gasteiger partial charge in [0.1, 0.15) is 5.75 Å². The second kappa shape index (κ2) is 6.30. The highest BCUT2D eigenvalue weighted by Gasteiger charge is 2.10. The van der Waals surface area contributed by atoms with E-state index in [4.69, 9.17) is 9.47 Å². The highest BCUT2D eigenvalue weighted by atomic mass is 16.5. The molecule has 112 valence electrons. The summed E-state index contributed by atoms with van der Waals surface area (Å²) in [6.45, 7) is 2.46. The van der Waals surface area contributed by atoms with Crippen LogP contribution in [0.15, 0.2) is 48.5 Å². The lowest BCUT2D eigenvalue weighted by molar-refractivity contribution is 0.329. The third kappa shape index (κ3) is 2.93. The van der Waals surface area contributed by atoms with Crippen LogP contribution in [0, 0.1) is 0 Å². The Balaban J connectivity index is 1.97. The predicted octanol–water partition coefficient (Wildman–Crippen LogP) is 3.78. The molecule has 0 spiro atoms. The van der Waals surface area contributed by atoms with E-state index in [1.165, 1.54) is 0 Å². The van der Waals surface area contributed by atoms with Crippen LogP contribution in [0.3, 0.4) is 0 Å². The van der Waals surface area contributed by atoms with Gasteiger partial charge in [-0.3, -0.25) is 0 Å². The lowest BCUT2D eigenvalue weighted by Crippen LogP contribution is -2.03. The fourth-order valence-corrected chi connectivity index (χ4v) is 2.11. The number of methoxy groups -OCH3 is 1. The molecule has 0 radical (unpaired) electrons. The molecule has 3 aromatic rings. The van der Waals surface area contributed by atoms with E-state index in [0.717, 1.165) is 22.5 Å². The molecule has 0 atom stereocenters. The topological polar surface area (TPSA) is 56.3 Å². The summed E-state index contributed by atoms with van der Waals surface area (Å²) in [5.41, 5.74) is 2.53. The van der Waals surface area contributed by atoms with Gasteiger partial charge in [0.25, 0.3) is 5.88 Å². The quantitative estimate of drug-likeness (QED) is 0.776. The largest absolute Gasteiger partial charge is 0.497 e. The number of fused-ring (bicyclic) bond motifs is 1. The molecule has 2 aromatic carbocycles. The SMILES string of the molecule is CCOc1nc2ccccc2nc1Nc1ccc(OC)cc1. The number of nitrogens with one attached hydrogen (secondary N) is 1. The standard InChI is InChI=1S/C17H17N3O2/c1-3-22-17-16(18-12-8-10-13(21-2)11-9-12)19-14-6-4-5-7-15(14)20-17/h4-11H,3H2,1-2H3,(H,18,19). The Hall–Kier alpha value is -2.82. The number of nitrogens with zero attached hydrogens (tertiary/aromatic N) is 2. The molecular weight excluding hydrogens is 278 g/mol. The van der Waals surface area contributed by atoms with Gasteiger partial charge in [-0.15, -0.1) is 0 Å². The summed E-state index contributed by atoms with van der Waals surface area (Å²) in [5, 5.41) is 3.25. The lowest BCUT2D eigenvalue weighted by atomic mass is 10.3. The van der Waals surface area contributed by atoms with E-state index in [2.05, 4.69) is 15.3 Å². The Morgan fingerprint density at radius 1 is 0.955 bits per heavy atom. The molecule has 5 heteroatoms. The minimum Gasteiger partial charge on any atom is -0.497 e. The van der Waals surface area contributed by atoms with E-state index < -0.39 is 0 Å². The zero-order valence-corrected chi connectivity index (χ0v) is 12.5. The smallest absolute Gasteiger partial charge is 0.258 e. The minimum absolute atomic E-state index is 0.497. The maximum Gasteiger partial charge on any atom is 0.258 e. The molecule has 1 N–H and O–H groups in total. The van der Waals surface area contributed by atoms with Crippen molar-refractivity contribution in [1.82, 2.24) is 9.97 Å². The fraction of sp³-hybridized carbons (Fsp3) is 0.176. The van der Waals surface area contributed by atoms with Gasteiger partial charge in [-0.25, -0.2) is 9.97 Å². The van der Waals surface area contributed by atoms with E-state index in [1.807, 2.05) is 55.5 Å². The van der Waals surface area contributed by atoms with Gasteiger partial charge in [-0.2, -0.15) is 0 Å². The summed E-state index contributed by atoms with van der Waals surface area (Å²) in [6, 6.07) is 15.3. The summed E-state index contributed by atoms with van der Waals surface area (Å²) in [4.78, 5) is 9.12. The van der Waals surface area contributed by atoms with Crippen molar-refractivity contribution < 1.29 is 9.47 Å². The Labute approximate surface area is 128 Å². The molecule has 0 amide bonds. The van der Waals surface area contributed by atoms with Gasteiger partial charge < -0.3 is 14.8 Å². The first kappa shape index (κ1) is 14.1. The molecule has 5 nitrogen and oxygen atoms in total. The minimum atomic E-state index is 0.497. The van der Waals surface area contributed by atoms with Crippen molar-refractivity contribution >= 4 is 22.5 Å². The lowest BCUT2D eigenvalue weighted by Gasteiger charge is -2.12. The normalized spacial score (nSPS) is 10.5. The first-order valence-corrected chi connectivity index (χ1v) is 7.11. The average molecular weight is 295 g/mol. The molecule has 0 saturated heterocycles. The number of rotatable bonds is 5. The monoisotopic (exact) mass is 295 g/mol. The van der Waals surface area contributed by atoms with Crippen molar-refractivity contribution in [1.29, 1.82) is 0 Å². The molecule has 0 bridgehead atoms. The molecule has 0 aliphatic rings. The van der Waals surface area contributed by atoms with Gasteiger partial charge in [0.15, 0.2) is 5.82 Å². The van der Waals surface area contributed by atoms with E-state index in [0.29, 0.717) is 18.3 Å². The number of ether oxygens (including phenoxy) is 2. The third-order valence-corrected chi connectivity index (χ3v) is 3.17. The van der Waals surface area contributed by atoms with Crippen LogP contribution < -0.4 is 14.8 Å². The molecule has 0 fully saturated rings. The first-order valence-electron chi connectivity index (χ1n) is 7.11. The molecule has 3 rings (SSSR count). The van der Waals surface area contributed by atoms with Crippen molar-refractivity contribution in [2.24, 2.45) is 0 Å². The van der Waals surface area contributed by atoms with Crippen LogP contribution in [-0.2, 0) is 0 Å². The van der Waals surface area contributed by atoms with Crippen LogP contribution >= 0.6 is 0 Å². The van der Waals surface area contributed by atoms with Crippen molar-refractivity contribution in [2.45, 2.75) is 6.92 Å². The van der Waals surface area contributed by atoms with Gasteiger partial charge >= 0.3 is 0 Å². The Morgan fingerprint density at radius 2 is 1.64 bits per heavy atom. The number of para-hydroxylation sites is 2. The van der Waals surface area contributed by atoms with E-state index in [-0.39, 0.29) is 0 Å². The Bertz CT molecular complexity index is 772. The maximum absolute atomic E-state index is 5.60. The summed E-state index contributed by atoms with van der Waals surface area (Å²) in [5.74, 6) is 1.91. The number of aromatic nitrogens is 2. The van der Waals surface area contributed by atoms with Gasteiger partial charge in [-0.05, 0) is 43.3 Å². The van der Waals surface area contributed by atoms with Crippen molar-refractivity contribution in [2.75, 3.05) is 19.0 Å². The van der Waals surface area contributed by atoms with Crippen LogP contribution in [0.25, 0.3) is 11.0 Å². The second-order valence-electron chi connectivity index (χ2n) is 4.65. The molecular formula is C17H17N3O2. The summed E-state index contributed by atoms with van der Waals surface area (Å²) in [6.07, 6.45) is 0. The van der Waals surface area contributed by atoms with E-state index >= 15 is 0 Å². The van der Waals surface area contributed by atoms with Gasteiger partial charge in [0.2, 0.25) is 0 Å². The molecule has 0 aliphatic carbocycles. The number of hydrogen-bond donors (Lipinski definition) is 1. The van der Waals surface area contributed by atoms with Crippen LogP contribution in [0.4, 0.5) is 11.5 Å². The molecule has 0 unspecified atom stereocenters. The average Bonchev–Trinajstić information content (AvgIpc) is 2.56. The second-order valence-corrected chi connectivity index (χ2v) is 4.65. The molecule has 0 aliphatic heterocycles. The van der Waals surface area contributed by atoms with Gasteiger partial charge in [0, 0.05) is 5.69 Å². The number of anilines is 2. The molecule has 0 saturated carbocycles.